The number of carbonyl (C=O) groups is 1. The van der Waals surface area contributed by atoms with Crippen molar-refractivity contribution in [1.82, 2.24) is 9.78 Å². The SMILES string of the molecule is Cc1ccc(Cn2nccc2NC(=O)C(C)Oc2ccc(Cl)c(C)c2)cc1. The van der Waals surface area contributed by atoms with Gasteiger partial charge in [-0.15, -0.1) is 0 Å². The molecular formula is C21H22ClN3O2. The molecule has 0 fully saturated rings. The Balaban J connectivity index is 1.64. The monoisotopic (exact) mass is 383 g/mol. The van der Waals surface area contributed by atoms with Gasteiger partial charge in [0, 0.05) is 11.1 Å². The van der Waals surface area contributed by atoms with E-state index < -0.39 is 6.10 Å². The first-order valence-electron chi connectivity index (χ1n) is 8.73. The number of benzene rings is 2. The third-order valence-electron chi connectivity index (χ3n) is 4.23. The van der Waals surface area contributed by atoms with Crippen LogP contribution in [0, 0.1) is 13.8 Å². The van der Waals surface area contributed by atoms with Gasteiger partial charge >= 0.3 is 0 Å². The van der Waals surface area contributed by atoms with Gasteiger partial charge in [-0.1, -0.05) is 41.4 Å². The Hall–Kier alpha value is -2.79. The van der Waals surface area contributed by atoms with Crippen LogP contribution in [0.3, 0.4) is 0 Å². The predicted octanol–water partition coefficient (Wildman–Crippen LogP) is 4.61. The minimum absolute atomic E-state index is 0.242. The molecule has 6 heteroatoms. The van der Waals surface area contributed by atoms with Gasteiger partial charge in [0.25, 0.3) is 5.91 Å². The number of rotatable bonds is 6. The minimum atomic E-state index is -0.659. The van der Waals surface area contributed by atoms with E-state index in [0.29, 0.717) is 23.1 Å². The quantitative estimate of drug-likeness (QED) is 0.676. The maximum Gasteiger partial charge on any atom is 0.266 e. The number of hydrogen-bond acceptors (Lipinski definition) is 3. The van der Waals surface area contributed by atoms with Crippen molar-refractivity contribution in [1.29, 1.82) is 0 Å². The van der Waals surface area contributed by atoms with Crippen molar-refractivity contribution < 1.29 is 9.53 Å². The van der Waals surface area contributed by atoms with Crippen molar-refractivity contribution in [2.24, 2.45) is 0 Å². The maximum absolute atomic E-state index is 12.5. The van der Waals surface area contributed by atoms with Crippen LogP contribution in [-0.4, -0.2) is 21.8 Å². The molecule has 1 N–H and O–H groups in total. The largest absolute Gasteiger partial charge is 0.481 e. The molecule has 1 amide bonds. The third-order valence-corrected chi connectivity index (χ3v) is 4.66. The first-order chi connectivity index (χ1) is 12.9. The molecule has 0 spiro atoms. The molecule has 0 saturated heterocycles. The Morgan fingerprint density at radius 3 is 2.63 bits per heavy atom. The van der Waals surface area contributed by atoms with Crippen LogP contribution in [0.1, 0.15) is 23.6 Å². The van der Waals surface area contributed by atoms with E-state index in [1.54, 1.807) is 36.0 Å². The fourth-order valence-electron chi connectivity index (χ4n) is 2.61. The van der Waals surface area contributed by atoms with Gasteiger partial charge in [0.1, 0.15) is 11.6 Å². The molecule has 5 nitrogen and oxygen atoms in total. The fraction of sp³-hybridized carbons (Fsp3) is 0.238. The van der Waals surface area contributed by atoms with Crippen molar-refractivity contribution >= 4 is 23.3 Å². The fourth-order valence-corrected chi connectivity index (χ4v) is 2.72. The molecule has 0 radical (unpaired) electrons. The number of anilines is 1. The zero-order valence-corrected chi connectivity index (χ0v) is 16.3. The van der Waals surface area contributed by atoms with Gasteiger partial charge in [-0.25, -0.2) is 4.68 Å². The first-order valence-corrected chi connectivity index (χ1v) is 9.11. The lowest BCUT2D eigenvalue weighted by atomic mass is 10.1. The molecule has 3 aromatic rings. The molecule has 1 heterocycles. The molecular weight excluding hydrogens is 362 g/mol. The molecule has 1 atom stereocenters. The maximum atomic E-state index is 12.5. The van der Waals surface area contributed by atoms with E-state index in [0.717, 1.165) is 11.1 Å². The number of nitrogens with zero attached hydrogens (tertiary/aromatic N) is 2. The normalized spacial score (nSPS) is 11.9. The summed E-state index contributed by atoms with van der Waals surface area (Å²) in [6.45, 7) is 6.23. The van der Waals surface area contributed by atoms with Crippen LogP contribution in [0.4, 0.5) is 5.82 Å². The van der Waals surface area contributed by atoms with E-state index in [1.165, 1.54) is 5.56 Å². The van der Waals surface area contributed by atoms with E-state index in [9.17, 15) is 4.79 Å². The van der Waals surface area contributed by atoms with Crippen LogP contribution in [-0.2, 0) is 11.3 Å². The summed E-state index contributed by atoms with van der Waals surface area (Å²) in [5.41, 5.74) is 3.22. The summed E-state index contributed by atoms with van der Waals surface area (Å²) < 4.78 is 7.48. The number of ether oxygens (including phenoxy) is 1. The standard InChI is InChI=1S/C21H22ClN3O2/c1-14-4-6-17(7-5-14)13-25-20(10-11-23-25)24-21(26)16(3)27-18-8-9-19(22)15(2)12-18/h4-12,16H,13H2,1-3H3,(H,24,26). The highest BCUT2D eigenvalue weighted by Crippen LogP contribution is 2.22. The first kappa shape index (κ1) is 19.0. The van der Waals surface area contributed by atoms with Crippen LogP contribution in [0.15, 0.2) is 54.7 Å². The predicted molar refractivity (Wildman–Crippen MR) is 107 cm³/mol. The van der Waals surface area contributed by atoms with Crippen molar-refractivity contribution in [3.05, 3.63) is 76.4 Å². The molecule has 0 bridgehead atoms. The van der Waals surface area contributed by atoms with Gasteiger partial charge in [0.2, 0.25) is 0 Å². The van der Waals surface area contributed by atoms with E-state index in [2.05, 4.69) is 34.7 Å². The lowest BCUT2D eigenvalue weighted by molar-refractivity contribution is -0.122. The molecule has 2 aromatic carbocycles. The molecule has 27 heavy (non-hydrogen) atoms. The molecule has 3 rings (SSSR count). The summed E-state index contributed by atoms with van der Waals surface area (Å²) in [6.07, 6.45) is 1.01. The van der Waals surface area contributed by atoms with Crippen LogP contribution < -0.4 is 10.1 Å². The van der Waals surface area contributed by atoms with Gasteiger partial charge in [0.15, 0.2) is 6.10 Å². The lowest BCUT2D eigenvalue weighted by Gasteiger charge is -2.16. The van der Waals surface area contributed by atoms with E-state index >= 15 is 0 Å². The zero-order valence-electron chi connectivity index (χ0n) is 15.6. The van der Waals surface area contributed by atoms with Crippen molar-refractivity contribution in [2.75, 3.05) is 5.32 Å². The van der Waals surface area contributed by atoms with Gasteiger partial charge < -0.3 is 10.1 Å². The number of aromatic nitrogens is 2. The minimum Gasteiger partial charge on any atom is -0.481 e. The summed E-state index contributed by atoms with van der Waals surface area (Å²) >= 11 is 6.02. The number of nitrogens with one attached hydrogen (secondary N) is 1. The van der Waals surface area contributed by atoms with Crippen molar-refractivity contribution in [3.63, 3.8) is 0 Å². The molecule has 0 saturated carbocycles. The van der Waals surface area contributed by atoms with Gasteiger partial charge in [-0.05, 0) is 50.1 Å². The second kappa shape index (κ2) is 8.27. The average molecular weight is 384 g/mol. The van der Waals surface area contributed by atoms with E-state index in [-0.39, 0.29) is 5.91 Å². The number of halogens is 1. The Morgan fingerprint density at radius 2 is 1.93 bits per heavy atom. The zero-order chi connectivity index (χ0) is 19.4. The van der Waals surface area contributed by atoms with Crippen molar-refractivity contribution in [2.45, 2.75) is 33.4 Å². The van der Waals surface area contributed by atoms with Crippen LogP contribution in [0.5, 0.6) is 5.75 Å². The molecule has 0 aliphatic heterocycles. The van der Waals surface area contributed by atoms with Gasteiger partial charge in [-0.3, -0.25) is 4.79 Å². The highest BCUT2D eigenvalue weighted by molar-refractivity contribution is 6.31. The Morgan fingerprint density at radius 1 is 1.19 bits per heavy atom. The topological polar surface area (TPSA) is 56.2 Å². The highest BCUT2D eigenvalue weighted by Gasteiger charge is 2.17. The summed E-state index contributed by atoms with van der Waals surface area (Å²) in [5.74, 6) is 0.990. The second-order valence-electron chi connectivity index (χ2n) is 6.52. The number of aryl methyl sites for hydroxylation is 2. The van der Waals surface area contributed by atoms with Gasteiger partial charge in [-0.2, -0.15) is 5.10 Å². The summed E-state index contributed by atoms with van der Waals surface area (Å²) in [5, 5.41) is 7.84. The molecule has 0 aliphatic carbocycles. The third kappa shape index (κ3) is 4.89. The Bertz CT molecular complexity index is 935. The average Bonchev–Trinajstić information content (AvgIpc) is 3.07. The van der Waals surface area contributed by atoms with Crippen LogP contribution in [0.2, 0.25) is 5.02 Å². The summed E-state index contributed by atoms with van der Waals surface area (Å²) in [4.78, 5) is 12.5. The Kier molecular flexibility index (Phi) is 5.81. The summed E-state index contributed by atoms with van der Waals surface area (Å²) in [6, 6.07) is 15.3. The van der Waals surface area contributed by atoms with Crippen molar-refractivity contribution in [3.8, 4) is 5.75 Å². The van der Waals surface area contributed by atoms with Crippen LogP contribution in [0.25, 0.3) is 0 Å². The molecule has 140 valence electrons. The lowest BCUT2D eigenvalue weighted by Crippen LogP contribution is -2.31. The number of amides is 1. The number of hydrogen-bond donors (Lipinski definition) is 1. The Labute approximate surface area is 163 Å². The molecule has 1 unspecified atom stereocenters. The molecule has 0 aliphatic rings. The van der Waals surface area contributed by atoms with Gasteiger partial charge in [0.05, 0.1) is 12.7 Å². The second-order valence-corrected chi connectivity index (χ2v) is 6.93. The highest BCUT2D eigenvalue weighted by atomic mass is 35.5. The van der Waals surface area contributed by atoms with E-state index in [1.807, 2.05) is 19.9 Å². The molecule has 1 aromatic heterocycles. The number of carbonyl (C=O) groups excluding carboxylic acids is 1. The van der Waals surface area contributed by atoms with E-state index in [4.69, 9.17) is 16.3 Å². The van der Waals surface area contributed by atoms with Crippen LogP contribution >= 0.6 is 11.6 Å². The summed E-state index contributed by atoms with van der Waals surface area (Å²) in [7, 11) is 0. The smallest absolute Gasteiger partial charge is 0.266 e.